The van der Waals surface area contributed by atoms with Gasteiger partial charge in [0.2, 0.25) is 0 Å². The molecule has 0 aromatic heterocycles. The van der Waals surface area contributed by atoms with Gasteiger partial charge in [0.05, 0.1) is 0 Å². The first kappa shape index (κ1) is 16.1. The smallest absolute Gasteiger partial charge is 0.0199 e. The van der Waals surface area contributed by atoms with Crippen LogP contribution in [0.1, 0.15) is 23.6 Å². The predicted octanol–water partition coefficient (Wildman–Crippen LogP) is 4.48. The molecule has 2 aromatic rings. The Labute approximate surface area is 133 Å². The summed E-state index contributed by atoms with van der Waals surface area (Å²) in [5.74, 6) is 1.09. The van der Waals surface area contributed by atoms with Crippen molar-refractivity contribution in [1.29, 1.82) is 0 Å². The van der Waals surface area contributed by atoms with Gasteiger partial charge in [-0.15, -0.1) is 11.8 Å². The summed E-state index contributed by atoms with van der Waals surface area (Å²) in [6.45, 7) is 4.33. The maximum absolute atomic E-state index is 3.44. The lowest BCUT2D eigenvalue weighted by Gasteiger charge is -2.16. The SMILES string of the molecule is CCc1ccc(CC(CSc2ccc(C)cc2)NC)cc1. The zero-order chi connectivity index (χ0) is 15.1. The minimum atomic E-state index is 0.503. The summed E-state index contributed by atoms with van der Waals surface area (Å²) in [6, 6.07) is 18.3. The van der Waals surface area contributed by atoms with Gasteiger partial charge in [-0.05, 0) is 50.1 Å². The van der Waals surface area contributed by atoms with E-state index in [4.69, 9.17) is 0 Å². The van der Waals surface area contributed by atoms with Crippen molar-refractivity contribution in [1.82, 2.24) is 5.32 Å². The molecule has 1 nitrogen and oxygen atoms in total. The molecule has 0 aliphatic heterocycles. The Morgan fingerprint density at radius 3 is 2.14 bits per heavy atom. The van der Waals surface area contributed by atoms with Crippen LogP contribution in [0.2, 0.25) is 0 Å². The number of aryl methyl sites for hydroxylation is 2. The molecule has 1 atom stereocenters. The molecule has 1 unspecified atom stereocenters. The third-order valence-electron chi connectivity index (χ3n) is 3.79. The lowest BCUT2D eigenvalue weighted by atomic mass is 10.0. The largest absolute Gasteiger partial charge is 0.316 e. The van der Waals surface area contributed by atoms with Crippen LogP contribution in [0.3, 0.4) is 0 Å². The number of likely N-dealkylation sites (N-methyl/N-ethyl adjacent to an activating group) is 1. The van der Waals surface area contributed by atoms with Crippen molar-refractivity contribution in [2.24, 2.45) is 0 Å². The summed E-state index contributed by atoms with van der Waals surface area (Å²) in [5, 5.41) is 3.44. The second-order valence-corrected chi connectivity index (χ2v) is 6.58. The van der Waals surface area contributed by atoms with E-state index in [9.17, 15) is 0 Å². The molecule has 0 heterocycles. The molecule has 2 aromatic carbocycles. The Hall–Kier alpha value is -1.25. The fourth-order valence-corrected chi connectivity index (χ4v) is 3.28. The van der Waals surface area contributed by atoms with Crippen molar-refractivity contribution in [3.8, 4) is 0 Å². The molecule has 0 aliphatic carbocycles. The van der Waals surface area contributed by atoms with Crippen LogP contribution >= 0.6 is 11.8 Å². The summed E-state index contributed by atoms with van der Waals surface area (Å²) >= 11 is 1.93. The zero-order valence-electron chi connectivity index (χ0n) is 13.2. The van der Waals surface area contributed by atoms with E-state index in [0.29, 0.717) is 6.04 Å². The minimum Gasteiger partial charge on any atom is -0.316 e. The van der Waals surface area contributed by atoms with Gasteiger partial charge in [-0.25, -0.2) is 0 Å². The highest BCUT2D eigenvalue weighted by Crippen LogP contribution is 2.20. The molecule has 1 N–H and O–H groups in total. The van der Waals surface area contributed by atoms with Crippen molar-refractivity contribution in [3.63, 3.8) is 0 Å². The first-order valence-corrected chi connectivity index (χ1v) is 8.64. The van der Waals surface area contributed by atoms with Crippen molar-refractivity contribution < 1.29 is 0 Å². The summed E-state index contributed by atoms with van der Waals surface area (Å²) in [7, 11) is 2.06. The highest BCUT2D eigenvalue weighted by atomic mass is 32.2. The van der Waals surface area contributed by atoms with Gasteiger partial charge in [0.25, 0.3) is 0 Å². The monoisotopic (exact) mass is 299 g/mol. The Bertz CT molecular complexity index is 530. The van der Waals surface area contributed by atoms with Crippen LogP contribution in [-0.4, -0.2) is 18.8 Å². The number of hydrogen-bond acceptors (Lipinski definition) is 2. The first-order chi connectivity index (χ1) is 10.2. The number of hydrogen-bond donors (Lipinski definition) is 1. The molecule has 0 bridgehead atoms. The van der Waals surface area contributed by atoms with E-state index >= 15 is 0 Å². The number of benzene rings is 2. The molecule has 0 saturated heterocycles. The highest BCUT2D eigenvalue weighted by Gasteiger charge is 2.08. The number of nitrogens with one attached hydrogen (secondary N) is 1. The number of thioether (sulfide) groups is 1. The van der Waals surface area contributed by atoms with Gasteiger partial charge in [0.15, 0.2) is 0 Å². The maximum Gasteiger partial charge on any atom is 0.0199 e. The van der Waals surface area contributed by atoms with Gasteiger partial charge >= 0.3 is 0 Å². The zero-order valence-corrected chi connectivity index (χ0v) is 14.0. The van der Waals surface area contributed by atoms with E-state index in [-0.39, 0.29) is 0 Å². The van der Waals surface area contributed by atoms with E-state index in [0.717, 1.165) is 18.6 Å². The fourth-order valence-electron chi connectivity index (χ4n) is 2.27. The van der Waals surface area contributed by atoms with Gasteiger partial charge in [0.1, 0.15) is 0 Å². The molecule has 2 heteroatoms. The summed E-state index contributed by atoms with van der Waals surface area (Å²) in [6.07, 6.45) is 2.19. The molecule has 0 fully saturated rings. The van der Waals surface area contributed by atoms with Crippen LogP contribution in [-0.2, 0) is 12.8 Å². The van der Waals surface area contributed by atoms with Crippen LogP contribution < -0.4 is 5.32 Å². The Kier molecular flexibility index (Phi) is 6.34. The molecule has 112 valence electrons. The Balaban J connectivity index is 1.88. The van der Waals surface area contributed by atoms with Crippen LogP contribution in [0.25, 0.3) is 0 Å². The molecule has 0 amide bonds. The molecule has 2 rings (SSSR count). The van der Waals surface area contributed by atoms with E-state index < -0.39 is 0 Å². The second kappa shape index (κ2) is 8.26. The van der Waals surface area contributed by atoms with E-state index in [2.05, 4.69) is 74.7 Å². The van der Waals surface area contributed by atoms with Crippen molar-refractivity contribution in [2.45, 2.75) is 37.6 Å². The molecule has 21 heavy (non-hydrogen) atoms. The van der Waals surface area contributed by atoms with E-state index in [1.165, 1.54) is 21.6 Å². The van der Waals surface area contributed by atoms with Crippen LogP contribution in [0.15, 0.2) is 53.4 Å². The Morgan fingerprint density at radius 2 is 1.57 bits per heavy atom. The molecule has 0 saturated carbocycles. The van der Waals surface area contributed by atoms with Crippen LogP contribution in [0.4, 0.5) is 0 Å². The van der Waals surface area contributed by atoms with Crippen molar-refractivity contribution >= 4 is 11.8 Å². The topological polar surface area (TPSA) is 12.0 Å². The minimum absolute atomic E-state index is 0.503. The molecule has 0 aliphatic rings. The molecular weight excluding hydrogens is 274 g/mol. The Morgan fingerprint density at radius 1 is 0.952 bits per heavy atom. The quantitative estimate of drug-likeness (QED) is 0.757. The average molecular weight is 299 g/mol. The summed E-state index contributed by atoms with van der Waals surface area (Å²) in [4.78, 5) is 1.35. The maximum atomic E-state index is 3.44. The normalized spacial score (nSPS) is 12.3. The van der Waals surface area contributed by atoms with Gasteiger partial charge in [-0.2, -0.15) is 0 Å². The molecule has 0 spiro atoms. The lowest BCUT2D eigenvalue weighted by molar-refractivity contribution is 0.617. The van der Waals surface area contributed by atoms with E-state index in [1.54, 1.807) is 0 Å². The fraction of sp³-hybridized carbons (Fsp3) is 0.368. The van der Waals surface area contributed by atoms with Crippen molar-refractivity contribution in [3.05, 3.63) is 65.2 Å². The van der Waals surface area contributed by atoms with Crippen LogP contribution in [0.5, 0.6) is 0 Å². The standard InChI is InChI=1S/C19H25NS/c1-4-16-7-9-17(10-8-16)13-18(20-3)14-21-19-11-5-15(2)6-12-19/h5-12,18,20H,4,13-14H2,1-3H3. The predicted molar refractivity (Wildman–Crippen MR) is 94.3 cm³/mol. The van der Waals surface area contributed by atoms with Crippen LogP contribution in [0, 0.1) is 6.92 Å². The van der Waals surface area contributed by atoms with Gasteiger partial charge < -0.3 is 5.32 Å². The number of rotatable bonds is 7. The molecule has 0 radical (unpaired) electrons. The summed E-state index contributed by atoms with van der Waals surface area (Å²) in [5.41, 5.74) is 4.14. The third-order valence-corrected chi connectivity index (χ3v) is 4.97. The average Bonchev–Trinajstić information content (AvgIpc) is 2.53. The second-order valence-electron chi connectivity index (χ2n) is 5.48. The van der Waals surface area contributed by atoms with E-state index in [1.807, 2.05) is 11.8 Å². The highest BCUT2D eigenvalue weighted by molar-refractivity contribution is 7.99. The van der Waals surface area contributed by atoms with Gasteiger partial charge in [-0.3, -0.25) is 0 Å². The lowest BCUT2D eigenvalue weighted by Crippen LogP contribution is -2.30. The third kappa shape index (κ3) is 5.22. The van der Waals surface area contributed by atoms with Crippen molar-refractivity contribution in [2.75, 3.05) is 12.8 Å². The van der Waals surface area contributed by atoms with Gasteiger partial charge in [-0.1, -0.05) is 48.9 Å². The first-order valence-electron chi connectivity index (χ1n) is 7.65. The summed E-state index contributed by atoms with van der Waals surface area (Å²) < 4.78 is 0. The van der Waals surface area contributed by atoms with Gasteiger partial charge in [0, 0.05) is 16.7 Å². The molecular formula is C19H25NS.